The van der Waals surface area contributed by atoms with Gasteiger partial charge in [0, 0.05) is 5.02 Å². The number of imidazole rings is 1. The number of aliphatic hydroxyl groups excluding tert-OH is 5. The Hall–Kier alpha value is -1.22. The van der Waals surface area contributed by atoms with Crippen molar-refractivity contribution >= 4 is 22.6 Å². The molecule has 0 saturated heterocycles. The Labute approximate surface area is 119 Å². The van der Waals surface area contributed by atoms with Gasteiger partial charge in [-0.25, -0.2) is 4.98 Å². The highest BCUT2D eigenvalue weighted by Crippen LogP contribution is 2.23. The third-order valence-electron chi connectivity index (χ3n) is 3.00. The Kier molecular flexibility index (Phi) is 4.59. The Morgan fingerprint density at radius 2 is 1.85 bits per heavy atom. The van der Waals surface area contributed by atoms with Crippen molar-refractivity contribution in [1.29, 1.82) is 0 Å². The average Bonchev–Trinajstić information content (AvgIpc) is 2.86. The maximum Gasteiger partial charge on any atom is 0.140 e. The van der Waals surface area contributed by atoms with Crippen molar-refractivity contribution < 1.29 is 25.5 Å². The second-order valence-corrected chi connectivity index (χ2v) is 4.90. The summed E-state index contributed by atoms with van der Waals surface area (Å²) in [5, 5.41) is 47.7. The van der Waals surface area contributed by atoms with Gasteiger partial charge in [0.25, 0.3) is 0 Å². The quantitative estimate of drug-likeness (QED) is 0.434. The van der Waals surface area contributed by atoms with Gasteiger partial charge in [0.1, 0.15) is 30.2 Å². The van der Waals surface area contributed by atoms with Crippen LogP contribution in [-0.4, -0.2) is 60.4 Å². The van der Waals surface area contributed by atoms with E-state index in [0.717, 1.165) is 0 Å². The van der Waals surface area contributed by atoms with E-state index in [0.29, 0.717) is 16.1 Å². The number of aromatic amines is 1. The van der Waals surface area contributed by atoms with Gasteiger partial charge in [-0.3, -0.25) is 0 Å². The Morgan fingerprint density at radius 1 is 1.15 bits per heavy atom. The van der Waals surface area contributed by atoms with Gasteiger partial charge in [0.15, 0.2) is 0 Å². The van der Waals surface area contributed by atoms with E-state index in [1.54, 1.807) is 18.2 Å². The molecule has 1 aromatic carbocycles. The topological polar surface area (TPSA) is 130 Å². The number of nitrogens with zero attached hydrogens (tertiary/aromatic N) is 1. The number of nitrogens with one attached hydrogen (secondary N) is 1. The number of halogens is 1. The molecule has 0 aliphatic heterocycles. The van der Waals surface area contributed by atoms with Crippen molar-refractivity contribution in [2.45, 2.75) is 24.4 Å². The molecule has 0 saturated carbocycles. The van der Waals surface area contributed by atoms with Crippen molar-refractivity contribution in [3.05, 3.63) is 29.0 Å². The SMILES string of the molecule is OC[C@@H](O)[C@@H](O)[C@@H](O)[C@@H](O)c1nc2ccc(Cl)cc2[nH]1. The smallest absolute Gasteiger partial charge is 0.140 e. The molecular formula is C12H15ClN2O5. The zero-order valence-corrected chi connectivity index (χ0v) is 11.1. The van der Waals surface area contributed by atoms with Crippen LogP contribution in [0.1, 0.15) is 11.9 Å². The van der Waals surface area contributed by atoms with Crippen molar-refractivity contribution in [2.75, 3.05) is 6.61 Å². The summed E-state index contributed by atoms with van der Waals surface area (Å²) >= 11 is 5.82. The monoisotopic (exact) mass is 302 g/mol. The highest BCUT2D eigenvalue weighted by molar-refractivity contribution is 6.31. The number of fused-ring (bicyclic) bond motifs is 1. The number of benzene rings is 1. The molecular weight excluding hydrogens is 288 g/mol. The molecule has 20 heavy (non-hydrogen) atoms. The molecule has 8 heteroatoms. The van der Waals surface area contributed by atoms with E-state index in [1.807, 2.05) is 0 Å². The summed E-state index contributed by atoms with van der Waals surface area (Å²) in [6, 6.07) is 4.86. The lowest BCUT2D eigenvalue weighted by molar-refractivity contribution is -0.117. The van der Waals surface area contributed by atoms with Gasteiger partial charge in [-0.05, 0) is 18.2 Å². The second kappa shape index (κ2) is 6.04. The lowest BCUT2D eigenvalue weighted by atomic mass is 10.0. The van der Waals surface area contributed by atoms with E-state index in [2.05, 4.69) is 9.97 Å². The lowest BCUT2D eigenvalue weighted by Crippen LogP contribution is -2.42. The molecule has 1 aromatic heterocycles. The lowest BCUT2D eigenvalue weighted by Gasteiger charge is -2.24. The van der Waals surface area contributed by atoms with E-state index in [9.17, 15) is 20.4 Å². The number of hydrogen-bond donors (Lipinski definition) is 6. The summed E-state index contributed by atoms with van der Waals surface area (Å²) in [5.41, 5.74) is 1.10. The van der Waals surface area contributed by atoms with Crippen molar-refractivity contribution in [1.82, 2.24) is 9.97 Å². The molecule has 0 fully saturated rings. The normalized spacial score (nSPS) is 17.9. The van der Waals surface area contributed by atoms with Gasteiger partial charge in [-0.2, -0.15) is 0 Å². The van der Waals surface area contributed by atoms with Crippen molar-refractivity contribution in [3.8, 4) is 0 Å². The minimum atomic E-state index is -1.70. The van der Waals surface area contributed by atoms with Gasteiger partial charge in [0.2, 0.25) is 0 Å². The molecule has 4 atom stereocenters. The zero-order valence-electron chi connectivity index (χ0n) is 10.3. The van der Waals surface area contributed by atoms with Gasteiger partial charge in [-0.1, -0.05) is 11.6 Å². The second-order valence-electron chi connectivity index (χ2n) is 4.46. The summed E-state index contributed by atoms with van der Waals surface area (Å²) in [5.74, 6) is 0.0268. The van der Waals surface area contributed by atoms with Crippen LogP contribution >= 0.6 is 11.6 Å². The van der Waals surface area contributed by atoms with Crippen LogP contribution in [-0.2, 0) is 0 Å². The van der Waals surface area contributed by atoms with Crippen LogP contribution in [0, 0.1) is 0 Å². The molecule has 7 nitrogen and oxygen atoms in total. The number of H-pyrrole nitrogens is 1. The molecule has 110 valence electrons. The summed E-state index contributed by atoms with van der Waals surface area (Å²) in [7, 11) is 0. The predicted octanol–water partition coefficient (Wildman–Crippen LogP) is -0.675. The molecule has 1 heterocycles. The highest BCUT2D eigenvalue weighted by Gasteiger charge is 2.32. The third-order valence-corrected chi connectivity index (χ3v) is 3.23. The number of hydrogen-bond acceptors (Lipinski definition) is 6. The van der Waals surface area contributed by atoms with Crippen molar-refractivity contribution in [3.63, 3.8) is 0 Å². The molecule has 0 aliphatic rings. The molecule has 0 radical (unpaired) electrons. The molecule has 0 bridgehead atoms. The average molecular weight is 303 g/mol. The first kappa shape index (κ1) is 15.2. The standard InChI is InChI=1S/C12H15ClN2O5/c13-5-1-2-6-7(3-5)15-12(14-6)11(20)10(19)9(18)8(17)4-16/h1-3,8-11,16-20H,4H2,(H,14,15)/t8-,9-,10-,11-/m1/s1. The van der Waals surface area contributed by atoms with Crippen LogP contribution < -0.4 is 0 Å². The van der Waals surface area contributed by atoms with E-state index in [-0.39, 0.29) is 5.82 Å². The third kappa shape index (κ3) is 2.93. The molecule has 0 spiro atoms. The Bertz CT molecular complexity index is 590. The number of rotatable bonds is 5. The molecule has 2 rings (SSSR count). The van der Waals surface area contributed by atoms with Gasteiger partial charge in [-0.15, -0.1) is 0 Å². The van der Waals surface area contributed by atoms with E-state index in [4.69, 9.17) is 16.7 Å². The zero-order chi connectivity index (χ0) is 14.9. The first-order valence-electron chi connectivity index (χ1n) is 5.92. The summed E-state index contributed by atoms with van der Waals surface area (Å²) in [4.78, 5) is 6.83. The maximum atomic E-state index is 9.94. The van der Waals surface area contributed by atoms with Crippen LogP contribution in [0.5, 0.6) is 0 Å². The Morgan fingerprint density at radius 3 is 2.50 bits per heavy atom. The fourth-order valence-electron chi connectivity index (χ4n) is 1.83. The number of aromatic nitrogens is 2. The van der Waals surface area contributed by atoms with Crippen LogP contribution in [0.4, 0.5) is 0 Å². The van der Waals surface area contributed by atoms with Crippen LogP contribution in [0.25, 0.3) is 11.0 Å². The molecule has 0 aliphatic carbocycles. The minimum absolute atomic E-state index is 0.0268. The molecule has 0 unspecified atom stereocenters. The fraction of sp³-hybridized carbons (Fsp3) is 0.417. The summed E-state index contributed by atoms with van der Waals surface area (Å²) in [6.07, 6.45) is -6.50. The van der Waals surface area contributed by atoms with E-state index in [1.165, 1.54) is 0 Å². The first-order valence-corrected chi connectivity index (χ1v) is 6.30. The number of aliphatic hydroxyl groups is 5. The van der Waals surface area contributed by atoms with Crippen molar-refractivity contribution in [2.24, 2.45) is 0 Å². The van der Waals surface area contributed by atoms with E-state index < -0.39 is 31.0 Å². The van der Waals surface area contributed by atoms with E-state index >= 15 is 0 Å². The fourth-order valence-corrected chi connectivity index (χ4v) is 2.00. The predicted molar refractivity (Wildman–Crippen MR) is 71.2 cm³/mol. The summed E-state index contributed by atoms with van der Waals surface area (Å²) in [6.45, 7) is -0.735. The van der Waals surface area contributed by atoms with Gasteiger partial charge in [0.05, 0.1) is 17.6 Å². The first-order chi connectivity index (χ1) is 9.43. The van der Waals surface area contributed by atoms with Crippen LogP contribution in [0.3, 0.4) is 0 Å². The minimum Gasteiger partial charge on any atom is -0.394 e. The molecule has 2 aromatic rings. The Balaban J connectivity index is 2.24. The van der Waals surface area contributed by atoms with Gasteiger partial charge >= 0.3 is 0 Å². The highest BCUT2D eigenvalue weighted by atomic mass is 35.5. The van der Waals surface area contributed by atoms with Gasteiger partial charge < -0.3 is 30.5 Å². The molecule has 6 N–H and O–H groups in total. The maximum absolute atomic E-state index is 9.94. The van der Waals surface area contributed by atoms with Crippen LogP contribution in [0.2, 0.25) is 5.02 Å². The largest absolute Gasteiger partial charge is 0.394 e. The summed E-state index contributed by atoms with van der Waals surface area (Å²) < 4.78 is 0. The van der Waals surface area contributed by atoms with Crippen LogP contribution in [0.15, 0.2) is 18.2 Å². The molecule has 0 amide bonds.